The first-order valence-electron chi connectivity index (χ1n) is 10.7. The number of unbranched alkanes of at least 4 members (excludes halogenated alkanes) is 3. The molecule has 0 saturated carbocycles. The number of halogens is 1. The van der Waals surface area contributed by atoms with E-state index in [0.717, 1.165) is 5.56 Å². The predicted molar refractivity (Wildman–Crippen MR) is 119 cm³/mol. The number of rotatable bonds is 12. The molecule has 0 bridgehead atoms. The van der Waals surface area contributed by atoms with E-state index in [-0.39, 0.29) is 5.92 Å². The van der Waals surface area contributed by atoms with Crippen LogP contribution in [-0.4, -0.2) is 25.7 Å². The molecular weight excluding hydrogens is 462 g/mol. The predicted octanol–water partition coefficient (Wildman–Crippen LogP) is 6.71. The second kappa shape index (κ2) is 16.7. The van der Waals surface area contributed by atoms with Crippen LogP contribution in [-0.2, 0) is 4.79 Å². The van der Waals surface area contributed by atoms with Gasteiger partial charge >= 0.3 is 92.4 Å². The molecule has 154 valence electrons. The Labute approximate surface area is 179 Å². The monoisotopic (exact) mass is 502 g/mol. The van der Waals surface area contributed by atoms with Gasteiger partial charge in [0, 0.05) is 16.9 Å². The number of carbonyl (C=O) groups excluding carboxylic acids is 1. The van der Waals surface area contributed by atoms with Crippen molar-refractivity contribution in [2.75, 3.05) is 0 Å². The van der Waals surface area contributed by atoms with Crippen LogP contribution in [0.4, 0.5) is 0 Å². The Hall–Kier alpha value is -0.221. The van der Waals surface area contributed by atoms with Gasteiger partial charge in [-0.05, 0) is 23.6 Å². The zero-order chi connectivity index (χ0) is 20.7. The van der Waals surface area contributed by atoms with Crippen LogP contribution in [0.5, 0.6) is 0 Å². The Balaban J connectivity index is 0.000000503. The van der Waals surface area contributed by atoms with E-state index in [0.29, 0.717) is 5.02 Å². The van der Waals surface area contributed by atoms with E-state index in [2.05, 4.69) is 20.8 Å². The van der Waals surface area contributed by atoms with Gasteiger partial charge in [-0.2, -0.15) is 0 Å². The Bertz CT molecular complexity index is 469. The van der Waals surface area contributed by atoms with Gasteiger partial charge in [-0.1, -0.05) is 37.6 Å². The molecule has 0 spiro atoms. The number of carbonyl (C=O) groups is 1. The fourth-order valence-electron chi connectivity index (χ4n) is 3.12. The Kier molecular flexibility index (Phi) is 16.6. The SMILES string of the molecule is CC(C)C(C(=O)[O-])c1ccc(Cl)cc1.CCC[CH2][Sn+]([CH2]CCC)[CH2]CCC. The van der Waals surface area contributed by atoms with Crippen molar-refractivity contribution in [1.82, 2.24) is 0 Å². The standard InChI is InChI=1S/C11H13ClO2.3C4H9.Sn/c1-7(2)10(11(13)14)8-3-5-9(12)6-4-8;3*1-3-4-2;/h3-7,10H,1-2H3,(H,13,14);3*1,3-4H2,2H3;/q;;;;+1/p-1. The van der Waals surface area contributed by atoms with Crippen LogP contribution in [0.1, 0.15) is 84.6 Å². The summed E-state index contributed by atoms with van der Waals surface area (Å²) in [4.78, 5) is 10.9. The summed E-state index contributed by atoms with van der Waals surface area (Å²) in [6.45, 7) is 10.7. The number of carboxylic acids is 1. The summed E-state index contributed by atoms with van der Waals surface area (Å²) in [6.07, 6.45) is 8.85. The normalized spacial score (nSPS) is 11.7. The molecule has 0 N–H and O–H groups in total. The number of hydrogen-bond donors (Lipinski definition) is 0. The molecule has 0 aromatic heterocycles. The van der Waals surface area contributed by atoms with Crippen LogP contribution in [0.3, 0.4) is 0 Å². The number of aliphatic carboxylic acids is 1. The van der Waals surface area contributed by atoms with E-state index >= 15 is 0 Å². The molecule has 1 rings (SSSR count). The third-order valence-electron chi connectivity index (χ3n) is 4.80. The maximum atomic E-state index is 10.9. The maximum absolute atomic E-state index is 10.9. The topological polar surface area (TPSA) is 40.1 Å². The van der Waals surface area contributed by atoms with Crippen LogP contribution < -0.4 is 5.11 Å². The Morgan fingerprint density at radius 3 is 1.63 bits per heavy atom. The van der Waals surface area contributed by atoms with E-state index in [1.165, 1.54) is 38.5 Å². The fourth-order valence-corrected chi connectivity index (χ4v) is 12.7. The van der Waals surface area contributed by atoms with E-state index in [1.807, 2.05) is 13.8 Å². The summed E-state index contributed by atoms with van der Waals surface area (Å²) in [5.41, 5.74) is 0.740. The molecule has 0 aliphatic carbocycles. The number of hydrogen-bond acceptors (Lipinski definition) is 2. The Morgan fingerprint density at radius 2 is 1.33 bits per heavy atom. The molecule has 0 saturated heterocycles. The first-order chi connectivity index (χ1) is 12.9. The van der Waals surface area contributed by atoms with Crippen molar-refractivity contribution < 1.29 is 9.90 Å². The molecule has 1 aromatic carbocycles. The van der Waals surface area contributed by atoms with Gasteiger partial charge < -0.3 is 9.90 Å². The minimum atomic E-state index is -1.04. The van der Waals surface area contributed by atoms with Crippen molar-refractivity contribution in [2.45, 2.75) is 92.4 Å². The molecule has 1 aromatic rings. The first-order valence-corrected chi connectivity index (χ1v) is 17.1. The molecule has 0 fully saturated rings. The zero-order valence-corrected chi connectivity index (χ0v) is 21.6. The van der Waals surface area contributed by atoms with Gasteiger partial charge in [0.25, 0.3) is 0 Å². The average molecular weight is 502 g/mol. The molecule has 0 amide bonds. The summed E-state index contributed by atoms with van der Waals surface area (Å²) in [7, 11) is 0. The van der Waals surface area contributed by atoms with Crippen molar-refractivity contribution in [3.63, 3.8) is 0 Å². The molecule has 0 heterocycles. The van der Waals surface area contributed by atoms with Crippen LogP contribution >= 0.6 is 11.6 Å². The van der Waals surface area contributed by atoms with Crippen molar-refractivity contribution in [2.24, 2.45) is 5.92 Å². The van der Waals surface area contributed by atoms with Crippen LogP contribution in [0.2, 0.25) is 18.3 Å². The van der Waals surface area contributed by atoms with E-state index in [4.69, 9.17) is 11.6 Å². The van der Waals surface area contributed by atoms with Crippen molar-refractivity contribution in [3.05, 3.63) is 34.9 Å². The van der Waals surface area contributed by atoms with Crippen molar-refractivity contribution >= 4 is 37.3 Å². The molecule has 0 aliphatic heterocycles. The average Bonchev–Trinajstić information content (AvgIpc) is 2.63. The fraction of sp³-hybridized carbons (Fsp3) is 0.696. The summed E-state index contributed by atoms with van der Waals surface area (Å²) < 4.78 is 5.04. The van der Waals surface area contributed by atoms with Gasteiger partial charge in [0.05, 0.1) is 0 Å². The summed E-state index contributed by atoms with van der Waals surface area (Å²) in [5, 5.41) is 11.5. The molecule has 1 atom stereocenters. The van der Waals surface area contributed by atoms with Gasteiger partial charge in [-0.15, -0.1) is 0 Å². The molecule has 27 heavy (non-hydrogen) atoms. The first kappa shape index (κ1) is 26.8. The summed E-state index contributed by atoms with van der Waals surface area (Å²) in [5.74, 6) is -1.59. The van der Waals surface area contributed by atoms with Crippen molar-refractivity contribution in [1.29, 1.82) is 0 Å². The van der Waals surface area contributed by atoms with Gasteiger partial charge in [-0.3, -0.25) is 0 Å². The molecular formula is C23H39ClO2Sn. The quantitative estimate of drug-likeness (QED) is 0.299. The third-order valence-corrected chi connectivity index (χ3v) is 14.1. The van der Waals surface area contributed by atoms with Crippen LogP contribution in [0.15, 0.2) is 24.3 Å². The molecule has 0 radical (unpaired) electrons. The molecule has 0 aliphatic rings. The molecule has 4 heteroatoms. The van der Waals surface area contributed by atoms with E-state index in [1.54, 1.807) is 37.6 Å². The van der Waals surface area contributed by atoms with Crippen LogP contribution in [0.25, 0.3) is 0 Å². The van der Waals surface area contributed by atoms with Gasteiger partial charge in [0.2, 0.25) is 0 Å². The zero-order valence-electron chi connectivity index (χ0n) is 18.0. The van der Waals surface area contributed by atoms with E-state index in [9.17, 15) is 9.90 Å². The van der Waals surface area contributed by atoms with Gasteiger partial charge in [0.1, 0.15) is 0 Å². The second-order valence-corrected chi connectivity index (χ2v) is 16.7. The van der Waals surface area contributed by atoms with Crippen LogP contribution in [0, 0.1) is 5.92 Å². The van der Waals surface area contributed by atoms with E-state index < -0.39 is 31.6 Å². The number of benzene rings is 1. The number of carboxylic acid groups (broad SMARTS) is 1. The third kappa shape index (κ3) is 12.8. The Morgan fingerprint density at radius 1 is 0.926 bits per heavy atom. The molecule has 2 nitrogen and oxygen atoms in total. The summed E-state index contributed by atoms with van der Waals surface area (Å²) in [6, 6.07) is 6.83. The van der Waals surface area contributed by atoms with Crippen molar-refractivity contribution in [3.8, 4) is 0 Å². The minimum absolute atomic E-state index is 0.0150. The second-order valence-electron chi connectivity index (χ2n) is 7.65. The van der Waals surface area contributed by atoms with Gasteiger partial charge in [-0.25, -0.2) is 0 Å². The van der Waals surface area contributed by atoms with Gasteiger partial charge in [0.15, 0.2) is 0 Å². The summed E-state index contributed by atoms with van der Waals surface area (Å²) >= 11 is 4.87. The molecule has 1 unspecified atom stereocenters.